The highest BCUT2D eigenvalue weighted by Gasteiger charge is 2.60. The molecule has 0 spiro atoms. The first kappa shape index (κ1) is 12.4. The number of hydrogen-bond donors (Lipinski definition) is 0. The van der Waals surface area contributed by atoms with Crippen molar-refractivity contribution >= 4 is 11.3 Å². The van der Waals surface area contributed by atoms with Crippen LogP contribution in [-0.2, 0) is 5.92 Å². The number of rotatable bonds is 2. The second-order valence-electron chi connectivity index (χ2n) is 3.30. The zero-order valence-electron chi connectivity index (χ0n) is 7.90. The molecule has 0 fully saturated rings. The number of alkyl halides is 5. The molecule has 0 aliphatic carbocycles. The quantitative estimate of drug-likeness (QED) is 0.719. The van der Waals surface area contributed by atoms with Crippen LogP contribution in [0.3, 0.4) is 0 Å². The topological polar surface area (TPSA) is 12.9 Å². The van der Waals surface area contributed by atoms with Gasteiger partial charge in [-0.1, -0.05) is 13.8 Å². The first-order valence-electron chi connectivity index (χ1n) is 4.06. The Hall–Kier alpha value is -0.720. The lowest BCUT2D eigenvalue weighted by Gasteiger charge is -2.17. The predicted octanol–water partition coefficient (Wildman–Crippen LogP) is 3.92. The second-order valence-corrected chi connectivity index (χ2v) is 4.19. The van der Waals surface area contributed by atoms with Crippen molar-refractivity contribution in [1.29, 1.82) is 0 Å². The molecule has 0 radical (unpaired) electrons. The van der Waals surface area contributed by atoms with E-state index in [-0.39, 0.29) is 10.9 Å². The maximum atomic E-state index is 12.8. The van der Waals surface area contributed by atoms with E-state index in [4.69, 9.17) is 0 Å². The third kappa shape index (κ3) is 2.27. The van der Waals surface area contributed by atoms with Crippen LogP contribution in [0.15, 0.2) is 5.38 Å². The van der Waals surface area contributed by atoms with Crippen molar-refractivity contribution < 1.29 is 22.0 Å². The fourth-order valence-corrected chi connectivity index (χ4v) is 1.70. The molecule has 7 heteroatoms. The van der Waals surface area contributed by atoms with E-state index in [1.165, 1.54) is 0 Å². The van der Waals surface area contributed by atoms with E-state index in [0.29, 0.717) is 0 Å². The zero-order valence-corrected chi connectivity index (χ0v) is 8.72. The lowest BCUT2D eigenvalue weighted by Crippen LogP contribution is -2.34. The fraction of sp³-hybridized carbons (Fsp3) is 0.625. The molecule has 0 aliphatic heterocycles. The van der Waals surface area contributed by atoms with Crippen molar-refractivity contribution in [1.82, 2.24) is 4.98 Å². The molecule has 0 bridgehead atoms. The van der Waals surface area contributed by atoms with Gasteiger partial charge < -0.3 is 0 Å². The molecule has 0 aliphatic rings. The summed E-state index contributed by atoms with van der Waals surface area (Å²) in [5.74, 6) is -5.02. The van der Waals surface area contributed by atoms with Gasteiger partial charge in [0.2, 0.25) is 0 Å². The number of aromatic nitrogens is 1. The van der Waals surface area contributed by atoms with Crippen LogP contribution in [0.4, 0.5) is 22.0 Å². The Balaban J connectivity index is 3.06. The summed E-state index contributed by atoms with van der Waals surface area (Å²) in [5.41, 5.74) is -1.22. The Kier molecular flexibility index (Phi) is 3.04. The Bertz CT molecular complexity index is 341. The van der Waals surface area contributed by atoms with E-state index < -0.39 is 17.8 Å². The predicted molar refractivity (Wildman–Crippen MR) is 46.2 cm³/mol. The van der Waals surface area contributed by atoms with Crippen LogP contribution in [0.25, 0.3) is 0 Å². The van der Waals surface area contributed by atoms with Gasteiger partial charge in [0.1, 0.15) is 5.69 Å². The monoisotopic (exact) mass is 245 g/mol. The van der Waals surface area contributed by atoms with Crippen LogP contribution in [0.1, 0.15) is 30.5 Å². The molecule has 1 aromatic heterocycles. The Morgan fingerprint density at radius 3 is 2.07 bits per heavy atom. The van der Waals surface area contributed by atoms with Crippen LogP contribution in [-0.4, -0.2) is 11.2 Å². The van der Waals surface area contributed by atoms with E-state index >= 15 is 0 Å². The van der Waals surface area contributed by atoms with E-state index in [0.717, 1.165) is 16.7 Å². The van der Waals surface area contributed by atoms with Gasteiger partial charge in [0.15, 0.2) is 0 Å². The maximum absolute atomic E-state index is 12.8. The van der Waals surface area contributed by atoms with Gasteiger partial charge in [-0.25, -0.2) is 4.98 Å². The van der Waals surface area contributed by atoms with Crippen molar-refractivity contribution in [3.05, 3.63) is 16.1 Å². The minimum absolute atomic E-state index is 0.159. The van der Waals surface area contributed by atoms with Crippen molar-refractivity contribution in [3.8, 4) is 0 Å². The van der Waals surface area contributed by atoms with Gasteiger partial charge in [0.05, 0.1) is 5.01 Å². The molecule has 0 saturated heterocycles. The Labute approximate surface area is 86.9 Å². The minimum atomic E-state index is -5.59. The van der Waals surface area contributed by atoms with E-state index in [1.807, 2.05) is 0 Å². The molecule has 0 amide bonds. The number of thiazole rings is 1. The smallest absolute Gasteiger partial charge is 0.239 e. The van der Waals surface area contributed by atoms with Gasteiger partial charge in [0.25, 0.3) is 0 Å². The summed E-state index contributed by atoms with van der Waals surface area (Å²) in [6, 6.07) is 0. The zero-order chi connectivity index (χ0) is 11.9. The van der Waals surface area contributed by atoms with Crippen LogP contribution in [0.5, 0.6) is 0 Å². The lowest BCUT2D eigenvalue weighted by molar-refractivity contribution is -0.290. The molecular weight excluding hydrogens is 237 g/mol. The van der Waals surface area contributed by atoms with Crippen molar-refractivity contribution in [3.63, 3.8) is 0 Å². The van der Waals surface area contributed by atoms with Crippen LogP contribution in [0.2, 0.25) is 0 Å². The molecule has 0 N–H and O–H groups in total. The largest absolute Gasteiger partial charge is 0.459 e. The average Bonchev–Trinajstić information content (AvgIpc) is 2.49. The van der Waals surface area contributed by atoms with Gasteiger partial charge >= 0.3 is 12.1 Å². The van der Waals surface area contributed by atoms with Gasteiger partial charge in [0, 0.05) is 11.3 Å². The molecule has 0 unspecified atom stereocenters. The molecular formula is C8H8F5NS. The molecule has 15 heavy (non-hydrogen) atoms. The van der Waals surface area contributed by atoms with Gasteiger partial charge in [-0.05, 0) is 0 Å². The van der Waals surface area contributed by atoms with E-state index in [1.54, 1.807) is 13.8 Å². The molecule has 0 saturated carbocycles. The van der Waals surface area contributed by atoms with Crippen molar-refractivity contribution in [2.75, 3.05) is 0 Å². The third-order valence-corrected chi connectivity index (χ3v) is 2.84. The molecule has 1 rings (SSSR count). The van der Waals surface area contributed by atoms with E-state index in [9.17, 15) is 22.0 Å². The molecule has 1 nitrogen and oxygen atoms in total. The highest BCUT2D eigenvalue weighted by molar-refractivity contribution is 7.09. The maximum Gasteiger partial charge on any atom is 0.459 e. The van der Waals surface area contributed by atoms with Crippen LogP contribution >= 0.6 is 11.3 Å². The summed E-state index contributed by atoms with van der Waals surface area (Å²) in [6.07, 6.45) is -5.59. The Morgan fingerprint density at radius 2 is 1.73 bits per heavy atom. The number of nitrogens with zero attached hydrogens (tertiary/aromatic N) is 1. The normalized spacial score (nSPS) is 13.6. The van der Waals surface area contributed by atoms with E-state index in [2.05, 4.69) is 4.98 Å². The van der Waals surface area contributed by atoms with Gasteiger partial charge in [-0.2, -0.15) is 22.0 Å². The minimum Gasteiger partial charge on any atom is -0.239 e. The third-order valence-electron chi connectivity index (χ3n) is 1.69. The lowest BCUT2D eigenvalue weighted by atomic mass is 10.2. The summed E-state index contributed by atoms with van der Waals surface area (Å²) in [4.78, 5) is 3.30. The molecule has 86 valence electrons. The summed E-state index contributed by atoms with van der Waals surface area (Å²) < 4.78 is 61.3. The first-order valence-corrected chi connectivity index (χ1v) is 4.94. The molecule has 1 heterocycles. The van der Waals surface area contributed by atoms with Crippen LogP contribution in [0, 0.1) is 0 Å². The van der Waals surface area contributed by atoms with Gasteiger partial charge in [-0.15, -0.1) is 11.3 Å². The van der Waals surface area contributed by atoms with Crippen LogP contribution < -0.4 is 0 Å². The van der Waals surface area contributed by atoms with Crippen molar-refractivity contribution in [2.24, 2.45) is 0 Å². The molecule has 0 aromatic carbocycles. The SMILES string of the molecule is CC(C)c1nc(C(F)(F)C(F)(F)F)cs1. The second kappa shape index (κ2) is 3.70. The Morgan fingerprint density at radius 1 is 1.20 bits per heavy atom. The van der Waals surface area contributed by atoms with Crippen molar-refractivity contribution in [2.45, 2.75) is 31.9 Å². The summed E-state index contributed by atoms with van der Waals surface area (Å²) in [6.45, 7) is 3.35. The average molecular weight is 245 g/mol. The molecule has 0 atom stereocenters. The number of hydrogen-bond acceptors (Lipinski definition) is 2. The number of halogens is 5. The fourth-order valence-electron chi connectivity index (χ4n) is 0.842. The van der Waals surface area contributed by atoms with Gasteiger partial charge in [-0.3, -0.25) is 0 Å². The first-order chi connectivity index (χ1) is 6.66. The molecule has 1 aromatic rings. The highest BCUT2D eigenvalue weighted by Crippen LogP contribution is 2.44. The summed E-state index contributed by atoms with van der Waals surface area (Å²) >= 11 is 0.810. The summed E-state index contributed by atoms with van der Waals surface area (Å²) in [7, 11) is 0. The standard InChI is InChI=1S/C8H8F5NS/c1-4(2)6-14-5(3-15-6)7(9,10)8(11,12)13/h3-4H,1-2H3. The highest BCUT2D eigenvalue weighted by atomic mass is 32.1. The summed E-state index contributed by atoms with van der Waals surface area (Å²) in [5, 5.41) is 1.02.